The van der Waals surface area contributed by atoms with Crippen LogP contribution in [0.25, 0.3) is 0 Å². The molecular weight excluding hydrogens is 271 g/mol. The lowest BCUT2D eigenvalue weighted by Crippen LogP contribution is -2.14. The number of alkyl halides is 3. The number of nitrogens with zero attached hydrogens (tertiary/aromatic N) is 1. The molecule has 0 radical (unpaired) electrons. The lowest BCUT2D eigenvalue weighted by atomic mass is 9.98. The van der Waals surface area contributed by atoms with Crippen LogP contribution in [0, 0.1) is 0 Å². The highest BCUT2D eigenvalue weighted by Crippen LogP contribution is 2.34. The predicted molar refractivity (Wildman–Crippen MR) is 65.7 cm³/mol. The predicted octanol–water partition coefficient (Wildman–Crippen LogP) is 3.34. The third-order valence-corrected chi connectivity index (χ3v) is 2.72. The van der Waals surface area contributed by atoms with Crippen molar-refractivity contribution in [2.45, 2.75) is 6.18 Å². The third kappa shape index (κ3) is 2.79. The molecule has 0 N–H and O–H groups in total. The molecule has 0 aliphatic carbocycles. The van der Waals surface area contributed by atoms with Gasteiger partial charge in [0.15, 0.2) is 5.78 Å². The van der Waals surface area contributed by atoms with E-state index < -0.39 is 23.1 Å². The third-order valence-electron chi connectivity index (χ3n) is 2.72. The van der Waals surface area contributed by atoms with E-state index in [1.54, 1.807) is 0 Å². The normalized spacial score (nSPS) is 11.2. The number of carbonyl (C=O) groups is 1. The van der Waals surface area contributed by atoms with E-state index in [0.717, 1.165) is 12.1 Å². The maximum Gasteiger partial charge on any atom is 0.417 e. The number of hydrogen-bond acceptors (Lipinski definition) is 3. The van der Waals surface area contributed by atoms with Gasteiger partial charge < -0.3 is 4.74 Å². The second-order valence-corrected chi connectivity index (χ2v) is 3.97. The van der Waals surface area contributed by atoms with Gasteiger partial charge in [-0.25, -0.2) is 0 Å². The minimum Gasteiger partial charge on any atom is -0.497 e. The van der Waals surface area contributed by atoms with Crippen LogP contribution in [0.2, 0.25) is 0 Å². The number of methoxy groups -OCH3 is 1. The van der Waals surface area contributed by atoms with E-state index in [0.29, 0.717) is 0 Å². The lowest BCUT2D eigenvalue weighted by Gasteiger charge is -2.13. The number of carbonyl (C=O) groups excluding carboxylic acids is 1. The van der Waals surface area contributed by atoms with Crippen LogP contribution in [-0.4, -0.2) is 17.9 Å². The number of pyridine rings is 1. The number of rotatable bonds is 3. The Balaban J connectivity index is 2.56. The van der Waals surface area contributed by atoms with E-state index in [-0.39, 0.29) is 11.3 Å². The second-order valence-electron chi connectivity index (χ2n) is 3.97. The van der Waals surface area contributed by atoms with Gasteiger partial charge in [0.25, 0.3) is 0 Å². The smallest absolute Gasteiger partial charge is 0.417 e. The molecule has 0 unspecified atom stereocenters. The monoisotopic (exact) mass is 281 g/mol. The van der Waals surface area contributed by atoms with Gasteiger partial charge in [0, 0.05) is 23.5 Å². The zero-order valence-electron chi connectivity index (χ0n) is 10.4. The molecule has 0 saturated heterocycles. The van der Waals surface area contributed by atoms with Crippen molar-refractivity contribution in [1.82, 2.24) is 4.98 Å². The first-order valence-electron chi connectivity index (χ1n) is 5.63. The molecule has 0 amide bonds. The van der Waals surface area contributed by atoms with Gasteiger partial charge >= 0.3 is 6.18 Å². The summed E-state index contributed by atoms with van der Waals surface area (Å²) in [5, 5.41) is 0. The van der Waals surface area contributed by atoms with Crippen LogP contribution in [-0.2, 0) is 6.18 Å². The lowest BCUT2D eigenvalue weighted by molar-refractivity contribution is -0.137. The molecule has 1 heterocycles. The van der Waals surface area contributed by atoms with E-state index >= 15 is 0 Å². The number of aromatic nitrogens is 1. The Kier molecular flexibility index (Phi) is 3.74. The summed E-state index contributed by atoms with van der Waals surface area (Å²) in [6.45, 7) is 0. The van der Waals surface area contributed by atoms with Crippen LogP contribution in [0.5, 0.6) is 5.75 Å². The summed E-state index contributed by atoms with van der Waals surface area (Å²) in [4.78, 5) is 15.9. The Morgan fingerprint density at radius 2 is 1.80 bits per heavy atom. The van der Waals surface area contributed by atoms with Gasteiger partial charge in [-0.2, -0.15) is 13.2 Å². The van der Waals surface area contributed by atoms with Gasteiger partial charge in [-0.15, -0.1) is 0 Å². The largest absolute Gasteiger partial charge is 0.497 e. The minimum atomic E-state index is -4.61. The first kappa shape index (κ1) is 14.0. The van der Waals surface area contributed by atoms with Crippen LogP contribution in [0.15, 0.2) is 42.7 Å². The Hall–Kier alpha value is -2.37. The molecule has 0 bridgehead atoms. The molecule has 0 aliphatic rings. The summed E-state index contributed by atoms with van der Waals surface area (Å²) < 4.78 is 43.7. The molecule has 3 nitrogen and oxygen atoms in total. The van der Waals surface area contributed by atoms with Crippen LogP contribution >= 0.6 is 0 Å². The summed E-state index contributed by atoms with van der Waals surface area (Å²) in [5.41, 5.74) is -1.29. The van der Waals surface area contributed by atoms with Crippen molar-refractivity contribution in [3.05, 3.63) is 59.4 Å². The fraction of sp³-hybridized carbons (Fsp3) is 0.143. The van der Waals surface area contributed by atoms with Gasteiger partial charge in [0.1, 0.15) is 5.75 Å². The summed E-state index contributed by atoms with van der Waals surface area (Å²) >= 11 is 0. The molecule has 0 aliphatic heterocycles. The molecule has 0 saturated carbocycles. The second kappa shape index (κ2) is 5.32. The Bertz CT molecular complexity index is 624. The van der Waals surface area contributed by atoms with Crippen molar-refractivity contribution in [3.8, 4) is 5.75 Å². The maximum absolute atomic E-state index is 13.0. The van der Waals surface area contributed by atoms with E-state index in [1.807, 2.05) is 0 Å². The average molecular weight is 281 g/mol. The molecule has 2 rings (SSSR count). The molecule has 1 aromatic heterocycles. The summed E-state index contributed by atoms with van der Waals surface area (Å²) in [6.07, 6.45) is -1.91. The van der Waals surface area contributed by atoms with Crippen LogP contribution in [0.1, 0.15) is 21.5 Å². The van der Waals surface area contributed by atoms with Crippen molar-refractivity contribution in [2.24, 2.45) is 0 Å². The number of halogens is 3. The SMILES string of the molecule is COc1ccc(C(F)(F)F)c(C(=O)c2ccncc2)c1. The van der Waals surface area contributed by atoms with E-state index in [9.17, 15) is 18.0 Å². The molecule has 104 valence electrons. The van der Waals surface area contributed by atoms with Crippen LogP contribution < -0.4 is 4.74 Å². The van der Waals surface area contributed by atoms with Crippen molar-refractivity contribution >= 4 is 5.78 Å². The standard InChI is InChI=1S/C14H10F3NO2/c1-20-10-2-3-12(14(15,16)17)11(8-10)13(19)9-4-6-18-7-5-9/h2-8H,1H3. The molecular formula is C14H10F3NO2. The van der Waals surface area contributed by atoms with Crippen LogP contribution in [0.3, 0.4) is 0 Å². The molecule has 0 atom stereocenters. The Labute approximate surface area is 113 Å². The van der Waals surface area contributed by atoms with Crippen molar-refractivity contribution in [1.29, 1.82) is 0 Å². The summed E-state index contributed by atoms with van der Waals surface area (Å²) in [5.74, 6) is -0.533. The van der Waals surface area contributed by atoms with Crippen molar-refractivity contribution < 1.29 is 22.7 Å². The van der Waals surface area contributed by atoms with Gasteiger partial charge in [0.2, 0.25) is 0 Å². The number of ketones is 1. The van der Waals surface area contributed by atoms with E-state index in [1.165, 1.54) is 37.7 Å². The highest BCUT2D eigenvalue weighted by atomic mass is 19.4. The van der Waals surface area contributed by atoms with Crippen molar-refractivity contribution in [2.75, 3.05) is 7.11 Å². The van der Waals surface area contributed by atoms with Gasteiger partial charge in [-0.1, -0.05) is 0 Å². The molecule has 0 fully saturated rings. The molecule has 20 heavy (non-hydrogen) atoms. The van der Waals surface area contributed by atoms with E-state index in [2.05, 4.69) is 4.98 Å². The quantitative estimate of drug-likeness (QED) is 0.810. The number of ether oxygens (including phenoxy) is 1. The maximum atomic E-state index is 13.0. The fourth-order valence-corrected chi connectivity index (χ4v) is 1.74. The first-order valence-corrected chi connectivity index (χ1v) is 5.63. The first-order chi connectivity index (χ1) is 9.43. The Morgan fingerprint density at radius 3 is 2.35 bits per heavy atom. The minimum absolute atomic E-state index is 0.138. The average Bonchev–Trinajstić information content (AvgIpc) is 2.45. The van der Waals surface area contributed by atoms with Gasteiger partial charge in [-0.3, -0.25) is 9.78 Å². The van der Waals surface area contributed by atoms with Crippen molar-refractivity contribution in [3.63, 3.8) is 0 Å². The molecule has 1 aromatic carbocycles. The zero-order valence-corrected chi connectivity index (χ0v) is 10.4. The Morgan fingerprint density at radius 1 is 1.15 bits per heavy atom. The number of hydrogen-bond donors (Lipinski definition) is 0. The van der Waals surface area contributed by atoms with Crippen LogP contribution in [0.4, 0.5) is 13.2 Å². The number of benzene rings is 1. The fourth-order valence-electron chi connectivity index (χ4n) is 1.74. The summed E-state index contributed by atoms with van der Waals surface area (Å²) in [6, 6.07) is 5.83. The van der Waals surface area contributed by atoms with Gasteiger partial charge in [0.05, 0.1) is 12.7 Å². The molecule has 6 heteroatoms. The topological polar surface area (TPSA) is 39.2 Å². The summed E-state index contributed by atoms with van der Waals surface area (Å²) in [7, 11) is 1.32. The zero-order chi connectivity index (χ0) is 14.8. The molecule has 0 spiro atoms. The highest BCUT2D eigenvalue weighted by Gasteiger charge is 2.35. The molecule has 2 aromatic rings. The van der Waals surface area contributed by atoms with E-state index in [4.69, 9.17) is 4.74 Å². The highest BCUT2D eigenvalue weighted by molar-refractivity contribution is 6.10. The van der Waals surface area contributed by atoms with Gasteiger partial charge in [-0.05, 0) is 30.3 Å².